The van der Waals surface area contributed by atoms with E-state index in [0.717, 1.165) is 16.5 Å². The molecule has 0 saturated heterocycles. The highest BCUT2D eigenvalue weighted by Gasteiger charge is 2.27. The number of ether oxygens (including phenoxy) is 2. The van der Waals surface area contributed by atoms with Gasteiger partial charge in [0.1, 0.15) is 16.9 Å². The van der Waals surface area contributed by atoms with Gasteiger partial charge in [0, 0.05) is 23.4 Å². The number of rotatable bonds is 6. The van der Waals surface area contributed by atoms with E-state index in [2.05, 4.69) is 5.32 Å². The Morgan fingerprint density at radius 2 is 1.59 bits per heavy atom. The molecule has 1 atom stereocenters. The maximum absolute atomic E-state index is 13.2. The summed E-state index contributed by atoms with van der Waals surface area (Å²) in [7, 11) is 0. The molecule has 0 bridgehead atoms. The predicted octanol–water partition coefficient (Wildman–Crippen LogP) is 5.86. The van der Waals surface area contributed by atoms with Crippen molar-refractivity contribution in [2.75, 3.05) is 0 Å². The van der Waals surface area contributed by atoms with Gasteiger partial charge >= 0.3 is 17.7 Å². The van der Waals surface area contributed by atoms with E-state index >= 15 is 0 Å². The van der Waals surface area contributed by atoms with Gasteiger partial charge in [0.2, 0.25) is 0 Å². The number of carbonyl (C=O) groups is 2. The third-order valence-electron chi connectivity index (χ3n) is 5.73. The third kappa shape index (κ3) is 6.44. The minimum absolute atomic E-state index is 0.183. The number of aryl methyl sites for hydroxylation is 1. The van der Waals surface area contributed by atoms with Gasteiger partial charge in [-0.3, -0.25) is 0 Å². The van der Waals surface area contributed by atoms with Crippen LogP contribution in [-0.4, -0.2) is 17.7 Å². The van der Waals surface area contributed by atoms with Gasteiger partial charge in [0.05, 0.1) is 0 Å². The molecular formula is C30H29NO6. The molecule has 0 fully saturated rings. The lowest BCUT2D eigenvalue weighted by Gasteiger charge is -2.23. The van der Waals surface area contributed by atoms with E-state index in [1.54, 1.807) is 63.2 Å². The van der Waals surface area contributed by atoms with Crippen molar-refractivity contribution in [2.24, 2.45) is 0 Å². The van der Waals surface area contributed by atoms with Crippen LogP contribution >= 0.6 is 0 Å². The van der Waals surface area contributed by atoms with Crippen LogP contribution in [0.4, 0.5) is 4.79 Å². The summed E-state index contributed by atoms with van der Waals surface area (Å²) in [6.07, 6.45) is -0.291. The number of fused-ring (bicyclic) bond motifs is 1. The Balaban J connectivity index is 1.59. The van der Waals surface area contributed by atoms with Crippen LogP contribution in [0.25, 0.3) is 11.0 Å². The average Bonchev–Trinajstić information content (AvgIpc) is 2.85. The topological polar surface area (TPSA) is 94.8 Å². The van der Waals surface area contributed by atoms with Crippen molar-refractivity contribution in [3.8, 4) is 5.75 Å². The van der Waals surface area contributed by atoms with E-state index in [1.807, 2.05) is 37.3 Å². The monoisotopic (exact) mass is 499 g/mol. The summed E-state index contributed by atoms with van der Waals surface area (Å²) in [6.45, 7) is 7.08. The standard InChI is InChI=1S/C30H29NO6/c1-19-23-16-15-22(18-25(23)36-27(32)24(19)17-20-11-7-5-8-12-20)35-28(33)26(21-13-9-6-10-14-21)31-29(34)37-30(2,3)4/h5-16,18,26H,17H2,1-4H3,(H,31,34). The molecule has 7 nitrogen and oxygen atoms in total. The molecule has 0 radical (unpaired) electrons. The normalized spacial score (nSPS) is 12.1. The summed E-state index contributed by atoms with van der Waals surface area (Å²) < 4.78 is 16.5. The molecule has 0 aliphatic heterocycles. The van der Waals surface area contributed by atoms with Crippen LogP contribution in [0.1, 0.15) is 49.1 Å². The summed E-state index contributed by atoms with van der Waals surface area (Å²) in [5.41, 5.74) is 2.06. The molecule has 0 aliphatic carbocycles. The van der Waals surface area contributed by atoms with Gasteiger partial charge in [-0.15, -0.1) is 0 Å². The lowest BCUT2D eigenvalue weighted by Crippen LogP contribution is -2.39. The summed E-state index contributed by atoms with van der Waals surface area (Å²) in [5, 5.41) is 3.33. The molecule has 1 aromatic heterocycles. The maximum atomic E-state index is 13.2. The van der Waals surface area contributed by atoms with Crippen LogP contribution in [-0.2, 0) is 16.0 Å². The molecule has 190 valence electrons. The molecule has 0 saturated carbocycles. The number of benzene rings is 3. The Labute approximate surface area is 215 Å². The second-order valence-corrected chi connectivity index (χ2v) is 9.72. The molecule has 0 spiro atoms. The minimum Gasteiger partial charge on any atom is -0.444 e. The Morgan fingerprint density at radius 1 is 0.946 bits per heavy atom. The number of hydrogen-bond donors (Lipinski definition) is 1. The quantitative estimate of drug-likeness (QED) is 0.203. The van der Waals surface area contributed by atoms with Crippen LogP contribution < -0.4 is 15.7 Å². The third-order valence-corrected chi connectivity index (χ3v) is 5.73. The van der Waals surface area contributed by atoms with E-state index < -0.39 is 29.3 Å². The number of amides is 1. The minimum atomic E-state index is -1.10. The van der Waals surface area contributed by atoms with Crippen molar-refractivity contribution in [2.45, 2.75) is 45.8 Å². The van der Waals surface area contributed by atoms with Crippen molar-refractivity contribution in [3.63, 3.8) is 0 Å². The Morgan fingerprint density at radius 3 is 2.24 bits per heavy atom. The van der Waals surface area contributed by atoms with Gasteiger partial charge in [0.25, 0.3) is 0 Å². The number of carbonyl (C=O) groups excluding carboxylic acids is 2. The first-order valence-corrected chi connectivity index (χ1v) is 12.0. The van der Waals surface area contributed by atoms with E-state index in [9.17, 15) is 14.4 Å². The fourth-order valence-electron chi connectivity index (χ4n) is 3.97. The lowest BCUT2D eigenvalue weighted by atomic mass is 10.00. The molecule has 3 aromatic carbocycles. The van der Waals surface area contributed by atoms with E-state index in [-0.39, 0.29) is 5.75 Å². The van der Waals surface area contributed by atoms with Crippen LogP contribution in [0.3, 0.4) is 0 Å². The maximum Gasteiger partial charge on any atom is 0.408 e. The second kappa shape index (κ2) is 10.7. The highest BCUT2D eigenvalue weighted by Crippen LogP contribution is 2.26. The summed E-state index contributed by atoms with van der Waals surface area (Å²) in [6, 6.07) is 22.2. The molecule has 0 aliphatic rings. The molecule has 1 heterocycles. The number of nitrogens with one attached hydrogen (secondary N) is 1. The van der Waals surface area contributed by atoms with Crippen molar-refractivity contribution >= 4 is 23.0 Å². The highest BCUT2D eigenvalue weighted by molar-refractivity contribution is 5.86. The highest BCUT2D eigenvalue weighted by atomic mass is 16.6. The second-order valence-electron chi connectivity index (χ2n) is 9.72. The van der Waals surface area contributed by atoms with Crippen LogP contribution in [0.15, 0.2) is 88.1 Å². The SMILES string of the molecule is Cc1c(Cc2ccccc2)c(=O)oc2cc(OC(=O)C(NC(=O)OC(C)(C)C)c3ccccc3)ccc12. The summed E-state index contributed by atoms with van der Waals surface area (Å²) in [5.74, 6) is -0.529. The van der Waals surface area contributed by atoms with Crippen molar-refractivity contribution in [1.82, 2.24) is 5.32 Å². The molecule has 1 unspecified atom stereocenters. The lowest BCUT2D eigenvalue weighted by molar-refractivity contribution is -0.137. The van der Waals surface area contributed by atoms with Crippen LogP contribution in [0.5, 0.6) is 5.75 Å². The van der Waals surface area contributed by atoms with Crippen LogP contribution in [0.2, 0.25) is 0 Å². The molecular weight excluding hydrogens is 470 g/mol. The molecule has 4 aromatic rings. The fraction of sp³-hybridized carbons (Fsp3) is 0.233. The Bertz CT molecular complexity index is 1470. The predicted molar refractivity (Wildman–Crippen MR) is 141 cm³/mol. The van der Waals surface area contributed by atoms with Gasteiger partial charge in [0.15, 0.2) is 6.04 Å². The molecule has 1 N–H and O–H groups in total. The van der Waals surface area contributed by atoms with Gasteiger partial charge in [-0.1, -0.05) is 60.7 Å². The van der Waals surface area contributed by atoms with Gasteiger partial charge in [-0.05, 0) is 56.5 Å². The van der Waals surface area contributed by atoms with E-state index in [0.29, 0.717) is 23.1 Å². The molecule has 37 heavy (non-hydrogen) atoms. The first-order chi connectivity index (χ1) is 17.6. The van der Waals surface area contributed by atoms with Crippen molar-refractivity contribution in [3.05, 3.63) is 112 Å². The zero-order valence-corrected chi connectivity index (χ0v) is 21.2. The average molecular weight is 500 g/mol. The largest absolute Gasteiger partial charge is 0.444 e. The first kappa shape index (κ1) is 25.7. The van der Waals surface area contributed by atoms with Gasteiger partial charge in [-0.25, -0.2) is 14.4 Å². The van der Waals surface area contributed by atoms with Gasteiger partial charge < -0.3 is 19.2 Å². The molecule has 7 heteroatoms. The Kier molecular flexibility index (Phi) is 7.43. The van der Waals surface area contributed by atoms with E-state index in [1.165, 1.54) is 6.07 Å². The zero-order chi connectivity index (χ0) is 26.6. The Hall–Kier alpha value is -4.39. The van der Waals surface area contributed by atoms with Gasteiger partial charge in [-0.2, -0.15) is 0 Å². The number of alkyl carbamates (subject to hydrolysis) is 1. The van der Waals surface area contributed by atoms with Crippen molar-refractivity contribution in [1.29, 1.82) is 0 Å². The zero-order valence-electron chi connectivity index (χ0n) is 21.2. The summed E-state index contributed by atoms with van der Waals surface area (Å²) >= 11 is 0. The number of hydrogen-bond acceptors (Lipinski definition) is 6. The molecule has 1 amide bonds. The van der Waals surface area contributed by atoms with Crippen molar-refractivity contribution < 1.29 is 23.5 Å². The first-order valence-electron chi connectivity index (χ1n) is 12.0. The number of esters is 1. The van der Waals surface area contributed by atoms with E-state index in [4.69, 9.17) is 13.9 Å². The summed E-state index contributed by atoms with van der Waals surface area (Å²) in [4.78, 5) is 38.4. The molecule has 4 rings (SSSR count). The van der Waals surface area contributed by atoms with Crippen LogP contribution in [0, 0.1) is 6.92 Å². The smallest absolute Gasteiger partial charge is 0.408 e. The fourth-order valence-corrected chi connectivity index (χ4v) is 3.97.